The molecule has 1 fully saturated rings. The maximum atomic E-state index is 9.77. The second-order valence-corrected chi connectivity index (χ2v) is 4.99. The highest BCUT2D eigenvalue weighted by Crippen LogP contribution is 2.29. The lowest BCUT2D eigenvalue weighted by atomic mass is 10.1. The average molecular weight is 312 g/mol. The predicted octanol–water partition coefficient (Wildman–Crippen LogP) is -0.274. The summed E-state index contributed by atoms with van der Waals surface area (Å²) < 4.78 is 0. The number of aliphatic hydroxyl groups excluding tert-OH is 2. The first-order valence-corrected chi connectivity index (χ1v) is 6.76. The monoisotopic (exact) mass is 312 g/mol. The number of carboxylic acids is 2. The Balaban J connectivity index is 0.000000225. The lowest BCUT2D eigenvalue weighted by Gasteiger charge is -2.18. The molecule has 22 heavy (non-hydrogen) atoms. The average Bonchev–Trinajstić information content (AvgIpc) is 2.93. The number of aliphatic carboxylic acids is 2. The third-order valence-corrected chi connectivity index (χ3v) is 3.39. The van der Waals surface area contributed by atoms with Gasteiger partial charge >= 0.3 is 11.9 Å². The first-order valence-electron chi connectivity index (χ1n) is 6.76. The molecular formula is C14H20N2O6. The molecule has 2 rings (SSSR count). The Hall–Kier alpha value is -2.03. The molecule has 1 aliphatic rings. The summed E-state index contributed by atoms with van der Waals surface area (Å²) in [5.41, 5.74) is 1.36. The van der Waals surface area contributed by atoms with Gasteiger partial charge in [0.05, 0.1) is 0 Å². The molecular weight excluding hydrogens is 292 g/mol. The molecule has 1 saturated heterocycles. The summed E-state index contributed by atoms with van der Waals surface area (Å²) in [6.07, 6.45) is 1.87. The standard InChI is InChI=1S/C10H14N2.C4H6O6/c1-12-7-3-5-10(12)9-4-2-6-11-8-9;5-1(3(7)8)2(6)4(9)10/h2,4,6,8,10H,3,5,7H2,1H3;1-2,5-6H,(H,7,8)(H,9,10)/t10-;1-,2-/m10/s1. The molecule has 2 heterocycles. The molecule has 0 aromatic carbocycles. The summed E-state index contributed by atoms with van der Waals surface area (Å²) >= 11 is 0. The van der Waals surface area contributed by atoms with Crippen molar-refractivity contribution in [2.24, 2.45) is 0 Å². The third-order valence-electron chi connectivity index (χ3n) is 3.39. The number of hydrogen-bond donors (Lipinski definition) is 4. The highest BCUT2D eigenvalue weighted by molar-refractivity contribution is 5.83. The van der Waals surface area contributed by atoms with E-state index >= 15 is 0 Å². The van der Waals surface area contributed by atoms with Crippen molar-refractivity contribution in [2.75, 3.05) is 13.6 Å². The SMILES string of the molecule is CN1CCC[C@@H]1c1cccnc1.O=C(O)[C@@H](O)[C@H](O)C(=O)O. The molecule has 1 aliphatic heterocycles. The van der Waals surface area contributed by atoms with Crippen molar-refractivity contribution in [3.63, 3.8) is 0 Å². The molecule has 0 aliphatic carbocycles. The Morgan fingerprint density at radius 2 is 1.86 bits per heavy atom. The molecule has 1 aromatic heterocycles. The summed E-state index contributed by atoms with van der Waals surface area (Å²) in [7, 11) is 2.19. The fraction of sp³-hybridized carbons (Fsp3) is 0.500. The van der Waals surface area contributed by atoms with Gasteiger partial charge < -0.3 is 20.4 Å². The van der Waals surface area contributed by atoms with E-state index in [4.69, 9.17) is 20.4 Å². The van der Waals surface area contributed by atoms with Gasteiger partial charge in [-0.3, -0.25) is 9.88 Å². The number of nitrogens with zero attached hydrogens (tertiary/aromatic N) is 2. The van der Waals surface area contributed by atoms with Gasteiger partial charge in [0.2, 0.25) is 0 Å². The van der Waals surface area contributed by atoms with Crippen LogP contribution in [0.25, 0.3) is 0 Å². The van der Waals surface area contributed by atoms with E-state index in [0.29, 0.717) is 6.04 Å². The van der Waals surface area contributed by atoms with Crippen LogP contribution in [0.15, 0.2) is 24.5 Å². The summed E-state index contributed by atoms with van der Waals surface area (Å²) in [5.74, 6) is -3.54. The molecule has 3 atom stereocenters. The molecule has 0 spiro atoms. The molecule has 122 valence electrons. The highest BCUT2D eigenvalue weighted by atomic mass is 16.4. The van der Waals surface area contributed by atoms with Gasteiger partial charge in [0.15, 0.2) is 12.2 Å². The molecule has 0 radical (unpaired) electrons. The van der Waals surface area contributed by atoms with Crippen LogP contribution in [0, 0.1) is 0 Å². The number of rotatable bonds is 4. The summed E-state index contributed by atoms with van der Waals surface area (Å²) in [6.45, 7) is 1.22. The number of likely N-dealkylation sites (tertiary alicyclic amines) is 1. The Kier molecular flexibility index (Phi) is 6.90. The lowest BCUT2D eigenvalue weighted by molar-refractivity contribution is -0.165. The molecule has 8 nitrogen and oxygen atoms in total. The normalized spacial score (nSPS) is 20.6. The van der Waals surface area contributed by atoms with Crippen LogP contribution in [0.2, 0.25) is 0 Å². The molecule has 8 heteroatoms. The van der Waals surface area contributed by atoms with Gasteiger partial charge in [-0.25, -0.2) is 9.59 Å². The lowest BCUT2D eigenvalue weighted by Crippen LogP contribution is -2.39. The van der Waals surface area contributed by atoms with Crippen molar-refractivity contribution >= 4 is 11.9 Å². The summed E-state index contributed by atoms with van der Waals surface area (Å²) in [4.78, 5) is 26.1. The van der Waals surface area contributed by atoms with Crippen molar-refractivity contribution in [2.45, 2.75) is 31.1 Å². The third kappa shape index (κ3) is 5.06. The highest BCUT2D eigenvalue weighted by Gasteiger charge is 2.29. The zero-order valence-corrected chi connectivity index (χ0v) is 12.2. The van der Waals surface area contributed by atoms with Crippen LogP contribution in [-0.4, -0.2) is 68.0 Å². The van der Waals surface area contributed by atoms with Gasteiger partial charge in [0.25, 0.3) is 0 Å². The number of pyridine rings is 1. The van der Waals surface area contributed by atoms with E-state index in [0.717, 1.165) is 0 Å². The fourth-order valence-electron chi connectivity index (χ4n) is 2.17. The second kappa shape index (κ2) is 8.42. The van der Waals surface area contributed by atoms with E-state index < -0.39 is 24.1 Å². The van der Waals surface area contributed by atoms with Crippen molar-refractivity contribution in [3.05, 3.63) is 30.1 Å². The van der Waals surface area contributed by atoms with Gasteiger partial charge in [0, 0.05) is 18.4 Å². The maximum Gasteiger partial charge on any atom is 0.335 e. The number of hydrogen-bond acceptors (Lipinski definition) is 6. The van der Waals surface area contributed by atoms with E-state index in [-0.39, 0.29) is 0 Å². The van der Waals surface area contributed by atoms with Crippen molar-refractivity contribution in [3.8, 4) is 0 Å². The van der Waals surface area contributed by atoms with Crippen molar-refractivity contribution in [1.29, 1.82) is 0 Å². The smallest absolute Gasteiger partial charge is 0.335 e. The molecule has 1 aromatic rings. The van der Waals surface area contributed by atoms with Gasteiger partial charge in [-0.15, -0.1) is 0 Å². The number of aliphatic hydroxyl groups is 2. The van der Waals surface area contributed by atoms with Crippen molar-refractivity contribution in [1.82, 2.24) is 9.88 Å². The minimum atomic E-state index is -2.27. The molecule has 4 N–H and O–H groups in total. The number of carbonyl (C=O) groups is 2. The van der Waals surface area contributed by atoms with Gasteiger partial charge in [0.1, 0.15) is 0 Å². The molecule has 0 bridgehead atoms. The van der Waals surface area contributed by atoms with E-state index in [1.165, 1.54) is 24.9 Å². The Morgan fingerprint density at radius 1 is 1.27 bits per heavy atom. The van der Waals surface area contributed by atoms with Gasteiger partial charge in [-0.05, 0) is 38.1 Å². The van der Waals surface area contributed by atoms with Gasteiger partial charge in [-0.1, -0.05) is 6.07 Å². The summed E-state index contributed by atoms with van der Waals surface area (Å²) in [6, 6.07) is 4.79. The first kappa shape index (κ1) is 18.0. The topological polar surface area (TPSA) is 131 Å². The van der Waals surface area contributed by atoms with Crippen LogP contribution in [0.3, 0.4) is 0 Å². The predicted molar refractivity (Wildman–Crippen MR) is 76.1 cm³/mol. The van der Waals surface area contributed by atoms with E-state index in [1.807, 2.05) is 18.5 Å². The van der Waals surface area contributed by atoms with Crippen LogP contribution in [0.1, 0.15) is 24.4 Å². The van der Waals surface area contributed by atoms with E-state index in [2.05, 4.69) is 23.0 Å². The van der Waals surface area contributed by atoms with Crippen LogP contribution in [-0.2, 0) is 9.59 Å². The maximum absolute atomic E-state index is 9.77. The minimum Gasteiger partial charge on any atom is -0.479 e. The Morgan fingerprint density at radius 3 is 2.23 bits per heavy atom. The Bertz CT molecular complexity index is 477. The Labute approximate surface area is 127 Å². The van der Waals surface area contributed by atoms with Gasteiger partial charge in [-0.2, -0.15) is 0 Å². The quantitative estimate of drug-likeness (QED) is 0.597. The molecule has 0 saturated carbocycles. The second-order valence-electron chi connectivity index (χ2n) is 4.99. The first-order chi connectivity index (χ1) is 10.3. The zero-order valence-electron chi connectivity index (χ0n) is 12.2. The minimum absolute atomic E-state index is 0.610. The fourth-order valence-corrected chi connectivity index (χ4v) is 2.17. The molecule has 0 unspecified atom stereocenters. The van der Waals surface area contributed by atoms with E-state index in [9.17, 15) is 9.59 Å². The van der Waals surface area contributed by atoms with Crippen LogP contribution in [0.4, 0.5) is 0 Å². The van der Waals surface area contributed by atoms with Crippen LogP contribution < -0.4 is 0 Å². The number of carboxylic acid groups (broad SMARTS) is 2. The molecule has 0 amide bonds. The van der Waals surface area contributed by atoms with Crippen molar-refractivity contribution < 1.29 is 30.0 Å². The zero-order chi connectivity index (χ0) is 16.7. The van der Waals surface area contributed by atoms with Crippen LogP contribution >= 0.6 is 0 Å². The largest absolute Gasteiger partial charge is 0.479 e. The van der Waals surface area contributed by atoms with Crippen LogP contribution in [0.5, 0.6) is 0 Å². The van der Waals surface area contributed by atoms with E-state index in [1.54, 1.807) is 0 Å². The summed E-state index contributed by atoms with van der Waals surface area (Å²) in [5, 5.41) is 32.5. The number of aromatic nitrogens is 1.